The highest BCUT2D eigenvalue weighted by Crippen LogP contribution is 2.54. The Morgan fingerprint density at radius 3 is 2.37 bits per heavy atom. The first kappa shape index (κ1) is 22.9. The van der Waals surface area contributed by atoms with Gasteiger partial charge in [-0.1, -0.05) is 0 Å². The summed E-state index contributed by atoms with van der Waals surface area (Å²) in [6, 6.07) is 3.48. The molecule has 30 heavy (non-hydrogen) atoms. The second kappa shape index (κ2) is 8.39. The van der Waals surface area contributed by atoms with Gasteiger partial charge < -0.3 is 20.9 Å². The first-order valence-electron chi connectivity index (χ1n) is 9.87. The topological polar surface area (TPSA) is 68.2 Å². The highest BCUT2D eigenvalue weighted by molar-refractivity contribution is 14.1. The van der Waals surface area contributed by atoms with E-state index in [-0.39, 0.29) is 5.91 Å². The van der Waals surface area contributed by atoms with E-state index in [2.05, 4.69) is 10.6 Å². The number of carbonyl (C=O) groups excluding carboxylic acids is 1. The molecule has 0 aromatic heterocycles. The van der Waals surface area contributed by atoms with Crippen LogP contribution in [0.5, 0.6) is 0 Å². The lowest BCUT2D eigenvalue weighted by Crippen LogP contribution is -2.47. The third-order valence-corrected chi connectivity index (χ3v) is 6.59. The summed E-state index contributed by atoms with van der Waals surface area (Å²) in [5.74, 6) is -0.371. The quantitative estimate of drug-likeness (QED) is 0.342. The van der Waals surface area contributed by atoms with Crippen molar-refractivity contribution in [3.05, 3.63) is 33.5 Å². The number of carbonyl (C=O) groups is 1. The van der Waals surface area contributed by atoms with Gasteiger partial charge in [-0.15, -0.1) is 0 Å². The minimum atomic E-state index is -4.44. The largest absolute Gasteiger partial charge is 0.416 e. The van der Waals surface area contributed by atoms with Gasteiger partial charge in [0, 0.05) is 29.1 Å². The molecule has 3 rings (SSSR count). The smallest absolute Gasteiger partial charge is 0.377 e. The summed E-state index contributed by atoms with van der Waals surface area (Å²) >= 11 is 1.96. The molecule has 1 aliphatic carbocycles. The highest BCUT2D eigenvalue weighted by Gasteiger charge is 2.45. The van der Waals surface area contributed by atoms with Gasteiger partial charge in [0.1, 0.15) is 5.54 Å². The number of benzene rings is 1. The third-order valence-electron chi connectivity index (χ3n) is 5.97. The Morgan fingerprint density at radius 2 is 1.83 bits per heavy atom. The van der Waals surface area contributed by atoms with Gasteiger partial charge >= 0.3 is 6.18 Å². The van der Waals surface area contributed by atoms with Crippen LogP contribution in [0, 0.1) is 10.8 Å². The third kappa shape index (κ3) is 5.28. The zero-order chi connectivity index (χ0) is 22.2. The van der Waals surface area contributed by atoms with Crippen LogP contribution in [-0.4, -0.2) is 30.8 Å². The molecule has 5 nitrogen and oxygen atoms in total. The van der Waals surface area contributed by atoms with E-state index in [0.717, 1.165) is 31.2 Å². The van der Waals surface area contributed by atoms with E-state index < -0.39 is 17.3 Å². The van der Waals surface area contributed by atoms with Crippen molar-refractivity contribution in [1.29, 1.82) is 5.41 Å². The number of halogens is 4. The van der Waals surface area contributed by atoms with Crippen LogP contribution in [0.4, 0.5) is 24.5 Å². The van der Waals surface area contributed by atoms with E-state index in [9.17, 15) is 18.0 Å². The van der Waals surface area contributed by atoms with Crippen LogP contribution >= 0.6 is 22.6 Å². The van der Waals surface area contributed by atoms with Crippen molar-refractivity contribution < 1.29 is 18.0 Å². The van der Waals surface area contributed by atoms with Gasteiger partial charge in [-0.2, -0.15) is 13.2 Å². The predicted octanol–water partition coefficient (Wildman–Crippen LogP) is 5.32. The van der Waals surface area contributed by atoms with Crippen molar-refractivity contribution >= 4 is 46.1 Å². The summed E-state index contributed by atoms with van der Waals surface area (Å²) in [5.41, 5.74) is -0.553. The van der Waals surface area contributed by atoms with Crippen molar-refractivity contribution in [3.63, 3.8) is 0 Å². The number of rotatable bonds is 6. The molecule has 1 saturated heterocycles. The first-order valence-corrected chi connectivity index (χ1v) is 11.0. The lowest BCUT2D eigenvalue weighted by Gasteiger charge is -2.35. The number of anilines is 2. The van der Waals surface area contributed by atoms with Crippen molar-refractivity contribution in [3.8, 4) is 0 Å². The van der Waals surface area contributed by atoms with Gasteiger partial charge in [-0.3, -0.25) is 4.79 Å². The fraction of sp³-hybridized carbons (Fsp3) is 0.524. The van der Waals surface area contributed by atoms with E-state index in [1.165, 1.54) is 18.9 Å². The number of hydrogen-bond acceptors (Lipinski definition) is 4. The van der Waals surface area contributed by atoms with Gasteiger partial charge in [-0.05, 0) is 85.7 Å². The standard InChI is InChI=1S/C21H26F3IN4O/c1-19(2,27-13-15(25)12-26)18(30)28-16-4-3-14(21(22,23)24)11-17(16)29-9-7-20(5-6-20)8-10-29/h3-4,11-13,26-27H,5-10H2,1-2H3,(H,28,30)/b15-13+,26-12?. The number of alkyl halides is 3. The Kier molecular flexibility index (Phi) is 6.41. The highest BCUT2D eigenvalue weighted by atomic mass is 127. The van der Waals surface area contributed by atoms with E-state index >= 15 is 0 Å². The molecule has 0 radical (unpaired) electrons. The van der Waals surface area contributed by atoms with Crippen molar-refractivity contribution in [1.82, 2.24) is 5.32 Å². The SMILES string of the molecule is CC(C)(N/C=C(/I)C=N)C(=O)Nc1ccc(C(F)(F)F)cc1N1CCC2(CC1)CC2. The Morgan fingerprint density at radius 1 is 1.20 bits per heavy atom. The molecule has 1 saturated carbocycles. The molecule has 0 bridgehead atoms. The second-order valence-electron chi connectivity index (χ2n) is 8.61. The van der Waals surface area contributed by atoms with Crippen LogP contribution in [0.3, 0.4) is 0 Å². The fourth-order valence-electron chi connectivity index (χ4n) is 3.61. The minimum absolute atomic E-state index is 0.371. The number of nitrogens with zero attached hydrogens (tertiary/aromatic N) is 1. The summed E-state index contributed by atoms with van der Waals surface area (Å²) in [6.45, 7) is 4.72. The molecule has 1 aromatic rings. The molecular weight excluding hydrogens is 508 g/mol. The Balaban J connectivity index is 1.84. The fourth-order valence-corrected chi connectivity index (χ4v) is 3.76. The molecule has 1 amide bonds. The molecule has 3 N–H and O–H groups in total. The molecule has 2 aliphatic rings. The van der Waals surface area contributed by atoms with Crippen molar-refractivity contribution in [2.45, 2.75) is 51.2 Å². The Hall–Kier alpha value is -1.78. The normalized spacial score (nSPS) is 18.9. The number of amides is 1. The van der Waals surface area contributed by atoms with Crippen molar-refractivity contribution in [2.75, 3.05) is 23.3 Å². The average molecular weight is 534 g/mol. The Labute approximate surface area is 188 Å². The van der Waals surface area contributed by atoms with Crippen LogP contribution in [0.2, 0.25) is 0 Å². The van der Waals surface area contributed by atoms with Crippen LogP contribution in [0.1, 0.15) is 45.1 Å². The van der Waals surface area contributed by atoms with Crippen LogP contribution in [-0.2, 0) is 11.0 Å². The summed E-state index contributed by atoms with van der Waals surface area (Å²) < 4.78 is 40.6. The van der Waals surface area contributed by atoms with Gasteiger partial charge in [0.15, 0.2) is 0 Å². The molecule has 2 fully saturated rings. The first-order chi connectivity index (χ1) is 14.0. The van der Waals surface area contributed by atoms with E-state index in [0.29, 0.717) is 33.5 Å². The molecule has 164 valence electrons. The summed E-state index contributed by atoms with van der Waals surface area (Å²) in [4.78, 5) is 14.8. The predicted molar refractivity (Wildman–Crippen MR) is 121 cm³/mol. The summed E-state index contributed by atoms with van der Waals surface area (Å²) in [5, 5.41) is 13.0. The molecule has 0 unspecified atom stereocenters. The van der Waals surface area contributed by atoms with Gasteiger partial charge in [0.2, 0.25) is 5.91 Å². The van der Waals surface area contributed by atoms with Crippen LogP contribution in [0.15, 0.2) is 28.0 Å². The lowest BCUT2D eigenvalue weighted by atomic mass is 9.93. The zero-order valence-electron chi connectivity index (χ0n) is 17.0. The number of allylic oxidation sites excluding steroid dienone is 1. The van der Waals surface area contributed by atoms with Gasteiger partial charge in [0.25, 0.3) is 0 Å². The number of hydrogen-bond donors (Lipinski definition) is 3. The maximum absolute atomic E-state index is 13.3. The molecule has 0 atom stereocenters. The van der Waals surface area contributed by atoms with E-state index in [1.807, 2.05) is 27.5 Å². The Bertz CT molecular complexity index is 852. The monoisotopic (exact) mass is 534 g/mol. The lowest BCUT2D eigenvalue weighted by molar-refractivity contribution is -0.137. The van der Waals surface area contributed by atoms with E-state index in [4.69, 9.17) is 5.41 Å². The molecule has 9 heteroatoms. The maximum Gasteiger partial charge on any atom is 0.416 e. The molecule has 1 heterocycles. The molecule has 1 aromatic carbocycles. The van der Waals surface area contributed by atoms with E-state index in [1.54, 1.807) is 20.0 Å². The van der Waals surface area contributed by atoms with Crippen molar-refractivity contribution in [2.24, 2.45) is 5.41 Å². The van der Waals surface area contributed by atoms with Crippen LogP contribution in [0.25, 0.3) is 0 Å². The molecule has 1 aliphatic heterocycles. The maximum atomic E-state index is 13.3. The summed E-state index contributed by atoms with van der Waals surface area (Å²) in [6.07, 6.45) is 2.61. The van der Waals surface area contributed by atoms with Crippen LogP contribution < -0.4 is 15.5 Å². The second-order valence-corrected chi connectivity index (χ2v) is 9.86. The zero-order valence-corrected chi connectivity index (χ0v) is 19.2. The number of piperidine rings is 1. The number of nitrogens with one attached hydrogen (secondary N) is 3. The molecular formula is C21H26F3IN4O. The summed E-state index contributed by atoms with van der Waals surface area (Å²) in [7, 11) is 0. The molecule has 1 spiro atoms. The average Bonchev–Trinajstić information content (AvgIpc) is 3.45. The van der Waals surface area contributed by atoms with Gasteiger partial charge in [0.05, 0.1) is 16.9 Å². The van der Waals surface area contributed by atoms with Gasteiger partial charge in [-0.25, -0.2) is 0 Å². The minimum Gasteiger partial charge on any atom is -0.377 e.